The second-order valence-electron chi connectivity index (χ2n) is 3.23. The van der Waals surface area contributed by atoms with Gasteiger partial charge in [0.05, 0.1) is 5.69 Å². The van der Waals surface area contributed by atoms with Gasteiger partial charge >= 0.3 is 0 Å². The number of aromatic nitrogens is 3. The summed E-state index contributed by atoms with van der Waals surface area (Å²) in [5, 5.41) is 6.58. The molecule has 0 saturated heterocycles. The summed E-state index contributed by atoms with van der Waals surface area (Å²) in [6.07, 6.45) is 3.42. The molecule has 2 rings (SSSR count). The molecule has 0 bridgehead atoms. The molecule has 0 aromatic carbocycles. The predicted octanol–water partition coefficient (Wildman–Crippen LogP) is 1.17. The van der Waals surface area contributed by atoms with Crippen molar-refractivity contribution in [2.45, 2.75) is 13.5 Å². The zero-order valence-electron chi connectivity index (χ0n) is 8.67. The second-order valence-corrected chi connectivity index (χ2v) is 3.99. The zero-order valence-corrected chi connectivity index (χ0v) is 9.49. The van der Waals surface area contributed by atoms with Crippen LogP contribution < -0.4 is 5.32 Å². The summed E-state index contributed by atoms with van der Waals surface area (Å²) in [6, 6.07) is 3.74. The summed E-state index contributed by atoms with van der Waals surface area (Å²) >= 11 is 1.10. The number of pyridine rings is 1. The van der Waals surface area contributed by atoms with Crippen molar-refractivity contribution in [1.82, 2.24) is 19.9 Å². The van der Waals surface area contributed by atoms with Crippen LogP contribution in [0.2, 0.25) is 0 Å². The van der Waals surface area contributed by atoms with Gasteiger partial charge in [-0.2, -0.15) is 0 Å². The van der Waals surface area contributed by atoms with Gasteiger partial charge in [-0.25, -0.2) is 0 Å². The molecule has 16 heavy (non-hydrogen) atoms. The number of amides is 1. The first-order chi connectivity index (χ1) is 7.77. The number of nitrogens with zero attached hydrogens (tertiary/aromatic N) is 3. The van der Waals surface area contributed by atoms with Crippen LogP contribution in [0.3, 0.4) is 0 Å². The number of carbonyl (C=O) groups excluding carboxylic acids is 1. The number of rotatable bonds is 3. The molecule has 0 aliphatic heterocycles. The normalized spacial score (nSPS) is 10.1. The highest BCUT2D eigenvalue weighted by Gasteiger charge is 2.12. The molecule has 5 nitrogen and oxygen atoms in total. The molecular formula is C10H10N4OS. The Morgan fingerprint density at radius 2 is 2.44 bits per heavy atom. The Bertz CT molecular complexity index is 483. The highest BCUT2D eigenvalue weighted by atomic mass is 32.1. The molecule has 2 aromatic rings. The van der Waals surface area contributed by atoms with E-state index in [1.807, 2.05) is 12.1 Å². The van der Waals surface area contributed by atoms with Crippen LogP contribution >= 0.6 is 11.5 Å². The fraction of sp³-hybridized carbons (Fsp3) is 0.200. The van der Waals surface area contributed by atoms with Gasteiger partial charge in [0.2, 0.25) is 0 Å². The summed E-state index contributed by atoms with van der Waals surface area (Å²) in [6.45, 7) is 2.23. The lowest BCUT2D eigenvalue weighted by molar-refractivity contribution is 0.0954. The number of hydrogen-bond donors (Lipinski definition) is 1. The average Bonchev–Trinajstić information content (AvgIpc) is 2.74. The summed E-state index contributed by atoms with van der Waals surface area (Å²) in [5.74, 6) is -0.142. The molecule has 0 saturated carbocycles. The first-order valence-electron chi connectivity index (χ1n) is 4.73. The Kier molecular flexibility index (Phi) is 3.21. The lowest BCUT2D eigenvalue weighted by atomic mass is 10.3. The summed E-state index contributed by atoms with van der Waals surface area (Å²) < 4.78 is 3.72. The number of hydrogen-bond acceptors (Lipinski definition) is 5. The van der Waals surface area contributed by atoms with E-state index in [4.69, 9.17) is 0 Å². The molecule has 0 radical (unpaired) electrons. The topological polar surface area (TPSA) is 67.8 Å². The minimum absolute atomic E-state index is 0.142. The van der Waals surface area contributed by atoms with Crippen molar-refractivity contribution in [3.8, 4) is 0 Å². The highest BCUT2D eigenvalue weighted by molar-refractivity contribution is 7.07. The highest BCUT2D eigenvalue weighted by Crippen LogP contribution is 2.08. The van der Waals surface area contributed by atoms with E-state index < -0.39 is 0 Å². The first-order valence-corrected chi connectivity index (χ1v) is 5.51. The predicted molar refractivity (Wildman–Crippen MR) is 60.1 cm³/mol. The van der Waals surface area contributed by atoms with Crippen molar-refractivity contribution in [2.24, 2.45) is 0 Å². The Labute approximate surface area is 96.7 Å². The van der Waals surface area contributed by atoms with Crippen molar-refractivity contribution in [3.63, 3.8) is 0 Å². The number of aryl methyl sites for hydroxylation is 1. The van der Waals surface area contributed by atoms with Crippen LogP contribution in [0.15, 0.2) is 24.5 Å². The Morgan fingerprint density at radius 1 is 1.56 bits per heavy atom. The Morgan fingerprint density at radius 3 is 3.06 bits per heavy atom. The molecule has 0 atom stereocenters. The van der Waals surface area contributed by atoms with E-state index in [0.717, 1.165) is 17.1 Å². The number of nitrogens with one attached hydrogen (secondary N) is 1. The van der Waals surface area contributed by atoms with Gasteiger partial charge in [0, 0.05) is 18.9 Å². The van der Waals surface area contributed by atoms with Crippen LogP contribution in [0, 0.1) is 6.92 Å². The van der Waals surface area contributed by atoms with Crippen LogP contribution in [0.1, 0.15) is 20.9 Å². The fourth-order valence-corrected chi connectivity index (χ4v) is 1.78. The molecule has 0 spiro atoms. The van der Waals surface area contributed by atoms with Crippen molar-refractivity contribution in [3.05, 3.63) is 40.7 Å². The minimum Gasteiger partial charge on any atom is -0.347 e. The van der Waals surface area contributed by atoms with E-state index >= 15 is 0 Å². The molecular weight excluding hydrogens is 224 g/mol. The van der Waals surface area contributed by atoms with E-state index in [-0.39, 0.29) is 5.91 Å². The Hall–Kier alpha value is -1.82. The molecule has 0 unspecified atom stereocenters. The van der Waals surface area contributed by atoms with Crippen LogP contribution in [-0.4, -0.2) is 20.5 Å². The van der Waals surface area contributed by atoms with E-state index in [1.165, 1.54) is 0 Å². The SMILES string of the molecule is Cc1nnsc1C(=O)NCc1cccnc1. The molecule has 0 aliphatic carbocycles. The molecule has 2 aromatic heterocycles. The van der Waals surface area contributed by atoms with Crippen LogP contribution in [0.4, 0.5) is 0 Å². The molecule has 82 valence electrons. The van der Waals surface area contributed by atoms with Gasteiger partial charge in [0.25, 0.3) is 5.91 Å². The smallest absolute Gasteiger partial charge is 0.265 e. The molecule has 1 N–H and O–H groups in total. The summed E-state index contributed by atoms with van der Waals surface area (Å²) in [7, 11) is 0. The van der Waals surface area contributed by atoms with Crippen LogP contribution in [0.5, 0.6) is 0 Å². The van der Waals surface area contributed by atoms with Gasteiger partial charge in [-0.05, 0) is 30.1 Å². The lowest BCUT2D eigenvalue weighted by Crippen LogP contribution is -2.22. The zero-order chi connectivity index (χ0) is 11.4. The third-order valence-corrected chi connectivity index (χ3v) is 2.86. The molecule has 2 heterocycles. The number of carbonyl (C=O) groups is 1. The van der Waals surface area contributed by atoms with E-state index in [1.54, 1.807) is 19.3 Å². The molecule has 1 amide bonds. The first kappa shape index (κ1) is 10.7. The fourth-order valence-electron chi connectivity index (χ4n) is 1.21. The molecule has 0 fully saturated rings. The van der Waals surface area contributed by atoms with Gasteiger partial charge in [0.15, 0.2) is 0 Å². The monoisotopic (exact) mass is 234 g/mol. The van der Waals surface area contributed by atoms with Crippen molar-refractivity contribution >= 4 is 17.4 Å². The third-order valence-electron chi connectivity index (χ3n) is 2.03. The minimum atomic E-state index is -0.142. The maximum absolute atomic E-state index is 11.7. The van der Waals surface area contributed by atoms with Crippen LogP contribution in [0.25, 0.3) is 0 Å². The Balaban J connectivity index is 1.97. The van der Waals surface area contributed by atoms with Gasteiger partial charge < -0.3 is 5.32 Å². The van der Waals surface area contributed by atoms with Gasteiger partial charge in [-0.3, -0.25) is 9.78 Å². The second kappa shape index (κ2) is 4.80. The van der Waals surface area contributed by atoms with Crippen molar-refractivity contribution < 1.29 is 4.79 Å². The van der Waals surface area contributed by atoms with Gasteiger partial charge in [0.1, 0.15) is 4.88 Å². The third kappa shape index (κ3) is 2.40. The van der Waals surface area contributed by atoms with Crippen molar-refractivity contribution in [2.75, 3.05) is 0 Å². The summed E-state index contributed by atoms with van der Waals surface area (Å²) in [4.78, 5) is 16.2. The lowest BCUT2D eigenvalue weighted by Gasteiger charge is -2.02. The van der Waals surface area contributed by atoms with Crippen LogP contribution in [-0.2, 0) is 6.54 Å². The quantitative estimate of drug-likeness (QED) is 0.865. The maximum Gasteiger partial charge on any atom is 0.265 e. The molecule has 0 aliphatic rings. The van der Waals surface area contributed by atoms with E-state index in [9.17, 15) is 4.79 Å². The van der Waals surface area contributed by atoms with E-state index in [2.05, 4.69) is 19.9 Å². The van der Waals surface area contributed by atoms with E-state index in [0.29, 0.717) is 17.1 Å². The summed E-state index contributed by atoms with van der Waals surface area (Å²) in [5.41, 5.74) is 1.62. The van der Waals surface area contributed by atoms with Crippen molar-refractivity contribution in [1.29, 1.82) is 0 Å². The van der Waals surface area contributed by atoms with Gasteiger partial charge in [-0.1, -0.05) is 10.6 Å². The van der Waals surface area contributed by atoms with Gasteiger partial charge in [-0.15, -0.1) is 5.10 Å². The largest absolute Gasteiger partial charge is 0.347 e. The average molecular weight is 234 g/mol. The maximum atomic E-state index is 11.7. The molecule has 6 heteroatoms. The standard InChI is InChI=1S/C10H10N4OS/c1-7-9(16-14-13-7)10(15)12-6-8-3-2-4-11-5-8/h2-5H,6H2,1H3,(H,12,15).